The Balaban J connectivity index is 0.946. The van der Waals surface area contributed by atoms with Gasteiger partial charge in [-0.1, -0.05) is 65.7 Å². The van der Waals surface area contributed by atoms with Crippen LogP contribution in [0.25, 0.3) is 11.1 Å². The minimum atomic E-state index is -1.09. The summed E-state index contributed by atoms with van der Waals surface area (Å²) >= 11 is 12.1. The highest BCUT2D eigenvalue weighted by molar-refractivity contribution is 6.42. The molecule has 5 aromatic rings. The largest absolute Gasteiger partial charge is 0.489 e. The van der Waals surface area contributed by atoms with Crippen LogP contribution in [-0.4, -0.2) is 40.7 Å². The van der Waals surface area contributed by atoms with Crippen molar-refractivity contribution in [2.24, 2.45) is 0 Å². The Kier molecular flexibility index (Phi) is 10.4. The van der Waals surface area contributed by atoms with Crippen molar-refractivity contribution >= 4 is 35.1 Å². The number of nitrogens with one attached hydrogen (secondary N) is 2. The second-order valence-electron chi connectivity index (χ2n) is 13.1. The molecular formula is C41H37Cl2N3O6. The molecule has 0 fully saturated rings. The zero-order valence-electron chi connectivity index (χ0n) is 28.6. The monoisotopic (exact) mass is 737 g/mol. The van der Waals surface area contributed by atoms with E-state index in [0.29, 0.717) is 53.5 Å². The third-order valence-corrected chi connectivity index (χ3v) is 10.4. The molecule has 1 amide bonds. The molecule has 1 aromatic heterocycles. The molecule has 4 aromatic carbocycles. The molecule has 3 unspecified atom stereocenters. The molecule has 52 heavy (non-hydrogen) atoms. The number of ether oxygens (including phenoxy) is 3. The lowest BCUT2D eigenvalue weighted by Crippen LogP contribution is -2.52. The molecule has 2 aliphatic rings. The van der Waals surface area contributed by atoms with E-state index in [9.17, 15) is 14.7 Å². The van der Waals surface area contributed by atoms with Gasteiger partial charge in [-0.15, -0.1) is 0 Å². The highest BCUT2D eigenvalue weighted by atomic mass is 35.5. The molecule has 0 aliphatic carbocycles. The van der Waals surface area contributed by atoms with Gasteiger partial charge in [0.25, 0.3) is 0 Å². The van der Waals surface area contributed by atoms with Crippen molar-refractivity contribution < 1.29 is 28.9 Å². The molecule has 3 heterocycles. The summed E-state index contributed by atoms with van der Waals surface area (Å²) in [6.07, 6.45) is 2.02. The highest BCUT2D eigenvalue weighted by Crippen LogP contribution is 2.40. The van der Waals surface area contributed by atoms with Crippen molar-refractivity contribution in [3.05, 3.63) is 140 Å². The van der Waals surface area contributed by atoms with Crippen LogP contribution < -0.4 is 24.8 Å². The number of carboxylic acid groups (broad SMARTS) is 1. The maximum Gasteiger partial charge on any atom is 0.326 e. The van der Waals surface area contributed by atoms with E-state index in [2.05, 4.69) is 15.6 Å². The number of carboxylic acids is 1. The van der Waals surface area contributed by atoms with E-state index < -0.39 is 18.1 Å². The Bertz CT molecular complexity index is 2120. The summed E-state index contributed by atoms with van der Waals surface area (Å²) in [6.45, 7) is 5.11. The number of rotatable bonds is 10. The summed E-state index contributed by atoms with van der Waals surface area (Å²) in [6, 6.07) is 25.0. The average molecular weight is 739 g/mol. The van der Waals surface area contributed by atoms with Gasteiger partial charge in [-0.25, -0.2) is 4.79 Å². The van der Waals surface area contributed by atoms with Gasteiger partial charge in [0, 0.05) is 24.9 Å². The Labute approximate surface area is 311 Å². The van der Waals surface area contributed by atoms with Crippen molar-refractivity contribution in [2.75, 3.05) is 6.61 Å². The highest BCUT2D eigenvalue weighted by Gasteiger charge is 2.31. The van der Waals surface area contributed by atoms with Crippen LogP contribution in [0.2, 0.25) is 10.0 Å². The summed E-state index contributed by atoms with van der Waals surface area (Å²) in [5.41, 5.74) is 8.79. The van der Waals surface area contributed by atoms with Crippen LogP contribution in [0.1, 0.15) is 45.2 Å². The smallest absolute Gasteiger partial charge is 0.326 e. The number of aromatic nitrogens is 1. The van der Waals surface area contributed by atoms with Crippen LogP contribution >= 0.6 is 23.2 Å². The van der Waals surface area contributed by atoms with E-state index in [1.54, 1.807) is 18.3 Å². The third-order valence-electron chi connectivity index (χ3n) is 9.62. The topological polar surface area (TPSA) is 119 Å². The van der Waals surface area contributed by atoms with Gasteiger partial charge in [0.15, 0.2) is 17.6 Å². The molecule has 266 valence electrons. The van der Waals surface area contributed by atoms with E-state index in [1.807, 2.05) is 86.6 Å². The normalized spacial score (nSPS) is 16.8. The van der Waals surface area contributed by atoms with Crippen LogP contribution in [0.3, 0.4) is 0 Å². The summed E-state index contributed by atoms with van der Waals surface area (Å²) < 4.78 is 18.4. The molecule has 0 bridgehead atoms. The second-order valence-corrected chi connectivity index (χ2v) is 13.9. The van der Waals surface area contributed by atoms with Crippen LogP contribution in [-0.2, 0) is 35.6 Å². The number of carbonyl (C=O) groups is 2. The van der Waals surface area contributed by atoms with Crippen molar-refractivity contribution in [3.63, 3.8) is 0 Å². The maximum atomic E-state index is 13.4. The number of nitrogens with zero attached hydrogens (tertiary/aromatic N) is 1. The van der Waals surface area contributed by atoms with Crippen LogP contribution in [0, 0.1) is 13.8 Å². The van der Waals surface area contributed by atoms with Crippen molar-refractivity contribution in [1.82, 2.24) is 15.6 Å². The number of fused-ring (bicyclic) bond motifs is 2. The van der Waals surface area contributed by atoms with Crippen molar-refractivity contribution in [1.29, 1.82) is 0 Å². The fraction of sp³-hybridized carbons (Fsp3) is 0.244. The van der Waals surface area contributed by atoms with E-state index in [-0.39, 0.29) is 18.4 Å². The van der Waals surface area contributed by atoms with E-state index >= 15 is 0 Å². The van der Waals surface area contributed by atoms with Gasteiger partial charge in [-0.2, -0.15) is 0 Å². The zero-order valence-corrected chi connectivity index (χ0v) is 30.1. The predicted octanol–water partition coefficient (Wildman–Crippen LogP) is 7.59. The third kappa shape index (κ3) is 7.87. The van der Waals surface area contributed by atoms with Gasteiger partial charge in [0.05, 0.1) is 16.1 Å². The average Bonchev–Trinajstić information content (AvgIpc) is 3.15. The quantitative estimate of drug-likeness (QED) is 0.134. The molecule has 7 rings (SSSR count). The summed E-state index contributed by atoms with van der Waals surface area (Å²) in [5.74, 6) is 0.499. The van der Waals surface area contributed by atoms with Crippen molar-refractivity contribution in [3.8, 4) is 28.4 Å². The molecule has 3 N–H and O–H groups in total. The number of pyridine rings is 1. The predicted molar refractivity (Wildman–Crippen MR) is 199 cm³/mol. The molecule has 0 radical (unpaired) electrons. The Hall–Kier alpha value is -5.09. The van der Waals surface area contributed by atoms with Gasteiger partial charge in [-0.05, 0) is 107 Å². The summed E-state index contributed by atoms with van der Waals surface area (Å²) in [4.78, 5) is 29.9. The van der Waals surface area contributed by atoms with Gasteiger partial charge in [-0.3, -0.25) is 9.78 Å². The zero-order chi connectivity index (χ0) is 36.4. The molecule has 9 nitrogen and oxygen atoms in total. The number of hydrogen-bond acceptors (Lipinski definition) is 7. The first kappa shape index (κ1) is 35.3. The van der Waals surface area contributed by atoms with Gasteiger partial charge in [0.2, 0.25) is 5.91 Å². The van der Waals surface area contributed by atoms with Gasteiger partial charge < -0.3 is 30.0 Å². The second kappa shape index (κ2) is 15.3. The fourth-order valence-electron chi connectivity index (χ4n) is 6.49. The number of amides is 1. The minimum absolute atomic E-state index is 0.160. The van der Waals surface area contributed by atoms with E-state index in [4.69, 9.17) is 37.4 Å². The van der Waals surface area contributed by atoms with Crippen molar-refractivity contribution in [2.45, 2.75) is 58.0 Å². The van der Waals surface area contributed by atoms with E-state index in [0.717, 1.165) is 50.2 Å². The lowest BCUT2D eigenvalue weighted by Gasteiger charge is -2.31. The molecule has 11 heteroatoms. The van der Waals surface area contributed by atoms with Crippen LogP contribution in [0.4, 0.5) is 0 Å². The first-order valence-corrected chi connectivity index (χ1v) is 17.8. The summed E-state index contributed by atoms with van der Waals surface area (Å²) in [5, 5.41) is 17.0. The molecule has 0 saturated carbocycles. The molecule has 0 spiro atoms. The number of aliphatic carboxylic acids is 1. The Morgan fingerprint density at radius 1 is 0.942 bits per heavy atom. The molecular weight excluding hydrogens is 701 g/mol. The SMILES string of the molecule is Cc1nccc(-c2ccc(CC(NC(=O)C3Cc4cc5c(cc4CN3)OC(c3ccc(OCc4ccc(Cl)c(Cl)c4)cc3)CO5)C(=O)O)cc2)c1C. The summed E-state index contributed by atoms with van der Waals surface area (Å²) in [7, 11) is 0. The van der Waals surface area contributed by atoms with Crippen LogP contribution in [0.5, 0.6) is 17.2 Å². The number of hydrogen-bond donors (Lipinski definition) is 3. The van der Waals surface area contributed by atoms with E-state index in [1.165, 1.54) is 0 Å². The van der Waals surface area contributed by atoms with Crippen LogP contribution in [0.15, 0.2) is 91.1 Å². The minimum Gasteiger partial charge on any atom is -0.489 e. The maximum absolute atomic E-state index is 13.4. The Morgan fingerprint density at radius 2 is 1.69 bits per heavy atom. The molecule has 3 atom stereocenters. The number of carbonyl (C=O) groups excluding carboxylic acids is 1. The Morgan fingerprint density at radius 3 is 2.44 bits per heavy atom. The fourth-order valence-corrected chi connectivity index (χ4v) is 6.81. The van der Waals surface area contributed by atoms with Gasteiger partial charge >= 0.3 is 5.97 Å². The molecule has 0 saturated heterocycles. The first-order chi connectivity index (χ1) is 25.1. The van der Waals surface area contributed by atoms with Gasteiger partial charge in [0.1, 0.15) is 25.0 Å². The number of benzene rings is 4. The lowest BCUT2D eigenvalue weighted by molar-refractivity contribution is -0.142. The molecule has 2 aliphatic heterocycles. The standard InChI is InChI=1S/C41H37Cl2N3O6/c1-23-24(2)44-14-13-32(23)27-6-3-25(4-7-27)16-36(41(48)49)46-40(47)35-17-29-18-37-38(19-30(29)20-45-35)52-39(22-51-37)28-8-10-31(11-9-28)50-21-26-5-12-33(42)34(43)15-26/h3-15,18-19,35-36,39,45H,16-17,20-22H2,1-2H3,(H,46,47)(H,48,49). The lowest BCUT2D eigenvalue weighted by atomic mass is 9.94. The first-order valence-electron chi connectivity index (χ1n) is 17.0. The number of halogens is 2. The number of aryl methyl sites for hydroxylation is 1.